The van der Waals surface area contributed by atoms with Crippen molar-refractivity contribution in [3.05, 3.63) is 38.5 Å². The summed E-state index contributed by atoms with van der Waals surface area (Å²) in [6.07, 6.45) is 12.3. The Balaban J connectivity index is -0.000000663. The number of allylic oxidation sites excluding steroid dienone is 2. The van der Waals surface area contributed by atoms with Gasteiger partial charge in [0.25, 0.3) is 0 Å². The zero-order valence-corrected chi connectivity index (χ0v) is 17.7. The molecule has 1 fully saturated rings. The van der Waals surface area contributed by atoms with Crippen molar-refractivity contribution in [1.82, 2.24) is 0 Å². The first-order chi connectivity index (χ1) is 12.6. The molecule has 1 saturated carbocycles. The van der Waals surface area contributed by atoms with E-state index >= 15 is 0 Å². The summed E-state index contributed by atoms with van der Waals surface area (Å²) in [4.78, 5) is 22.4. The Morgan fingerprint density at radius 1 is 1.19 bits per heavy atom. The SMILES string of the molecule is C=C.C=CC.C=CCCCC(CC(=O)CC=O)(OC)C1CCCC1.CC. The lowest BCUT2D eigenvalue weighted by Gasteiger charge is -2.38. The first kappa shape index (κ1) is 29.3. The van der Waals surface area contributed by atoms with Crippen molar-refractivity contribution in [2.75, 3.05) is 7.11 Å². The van der Waals surface area contributed by atoms with Gasteiger partial charge in [0.2, 0.25) is 0 Å². The number of ketones is 1. The van der Waals surface area contributed by atoms with E-state index in [4.69, 9.17) is 4.74 Å². The van der Waals surface area contributed by atoms with E-state index in [0.717, 1.165) is 32.1 Å². The molecule has 3 heteroatoms. The highest BCUT2D eigenvalue weighted by molar-refractivity contribution is 5.90. The monoisotopic (exact) mass is 366 g/mol. The molecule has 0 aromatic rings. The van der Waals surface area contributed by atoms with E-state index in [0.29, 0.717) is 18.6 Å². The molecule has 152 valence electrons. The van der Waals surface area contributed by atoms with Crippen LogP contribution in [0.5, 0.6) is 0 Å². The van der Waals surface area contributed by atoms with Gasteiger partial charge in [-0.05, 0) is 44.9 Å². The average Bonchev–Trinajstić information content (AvgIpc) is 3.20. The quantitative estimate of drug-likeness (QED) is 0.192. The summed E-state index contributed by atoms with van der Waals surface area (Å²) < 4.78 is 5.81. The number of hydrogen-bond acceptors (Lipinski definition) is 3. The Morgan fingerprint density at radius 3 is 2.08 bits per heavy atom. The number of unbranched alkanes of at least 4 members (excludes halogenated alkanes) is 1. The van der Waals surface area contributed by atoms with Crippen LogP contribution in [0.15, 0.2) is 38.5 Å². The van der Waals surface area contributed by atoms with Crippen LogP contribution in [-0.2, 0) is 14.3 Å². The Bertz CT molecular complexity index is 356. The molecule has 1 aliphatic carbocycles. The summed E-state index contributed by atoms with van der Waals surface area (Å²) in [5.74, 6) is 0.459. The van der Waals surface area contributed by atoms with Gasteiger partial charge in [0, 0.05) is 13.5 Å². The van der Waals surface area contributed by atoms with Gasteiger partial charge in [0.05, 0.1) is 12.0 Å². The minimum Gasteiger partial charge on any atom is -0.377 e. The van der Waals surface area contributed by atoms with E-state index in [9.17, 15) is 9.59 Å². The Morgan fingerprint density at radius 2 is 1.69 bits per heavy atom. The maximum absolute atomic E-state index is 11.9. The zero-order chi connectivity index (χ0) is 20.8. The molecule has 26 heavy (non-hydrogen) atoms. The van der Waals surface area contributed by atoms with Crippen LogP contribution in [0.3, 0.4) is 0 Å². The second kappa shape index (κ2) is 21.6. The lowest BCUT2D eigenvalue weighted by atomic mass is 9.77. The predicted molar refractivity (Wildman–Crippen MR) is 115 cm³/mol. The topological polar surface area (TPSA) is 43.4 Å². The minimum atomic E-state index is -0.362. The Kier molecular flexibility index (Phi) is 24.3. The molecule has 1 rings (SSSR count). The maximum Gasteiger partial charge on any atom is 0.142 e. The van der Waals surface area contributed by atoms with Gasteiger partial charge in [-0.25, -0.2) is 0 Å². The number of aldehydes is 1. The van der Waals surface area contributed by atoms with Crippen molar-refractivity contribution in [2.45, 2.75) is 84.2 Å². The fourth-order valence-corrected chi connectivity index (χ4v) is 3.27. The Labute approximate surface area is 162 Å². The molecule has 1 unspecified atom stereocenters. The number of methoxy groups -OCH3 is 1. The van der Waals surface area contributed by atoms with Crippen LogP contribution in [0.25, 0.3) is 0 Å². The highest BCUT2D eigenvalue weighted by Crippen LogP contribution is 2.41. The predicted octanol–water partition coefficient (Wildman–Crippen LogP) is 6.49. The van der Waals surface area contributed by atoms with Crippen molar-refractivity contribution >= 4 is 12.1 Å². The third kappa shape index (κ3) is 12.8. The van der Waals surface area contributed by atoms with Gasteiger partial charge in [-0.1, -0.05) is 38.8 Å². The molecular weight excluding hydrogens is 324 g/mol. The van der Waals surface area contributed by atoms with Crippen LogP contribution in [0.1, 0.15) is 78.6 Å². The summed E-state index contributed by atoms with van der Waals surface area (Å²) >= 11 is 0. The number of Topliss-reactive ketones (excluding diaryl/α,β-unsaturated/α-hetero) is 1. The highest BCUT2D eigenvalue weighted by Gasteiger charge is 2.41. The smallest absolute Gasteiger partial charge is 0.142 e. The normalized spacial score (nSPS) is 14.8. The second-order valence-electron chi connectivity index (χ2n) is 5.93. The zero-order valence-electron chi connectivity index (χ0n) is 17.7. The van der Waals surface area contributed by atoms with E-state index in [1.807, 2.05) is 26.8 Å². The molecule has 0 N–H and O–H groups in total. The fraction of sp³-hybridized carbons (Fsp3) is 0.652. The average molecular weight is 367 g/mol. The molecule has 1 atom stereocenters. The number of carbonyl (C=O) groups excluding carboxylic acids is 2. The first-order valence-electron chi connectivity index (χ1n) is 9.78. The number of carbonyl (C=O) groups is 2. The summed E-state index contributed by atoms with van der Waals surface area (Å²) in [6, 6.07) is 0. The number of hydrogen-bond donors (Lipinski definition) is 0. The molecule has 0 heterocycles. The largest absolute Gasteiger partial charge is 0.377 e. The summed E-state index contributed by atoms with van der Waals surface area (Å²) in [7, 11) is 1.71. The maximum atomic E-state index is 11.9. The summed E-state index contributed by atoms with van der Waals surface area (Å²) in [5, 5.41) is 0. The van der Waals surface area contributed by atoms with Crippen molar-refractivity contribution in [1.29, 1.82) is 0 Å². The molecule has 0 saturated heterocycles. The molecule has 1 aliphatic rings. The molecule has 0 bridgehead atoms. The van der Waals surface area contributed by atoms with Crippen molar-refractivity contribution in [3.63, 3.8) is 0 Å². The highest BCUT2D eigenvalue weighted by atomic mass is 16.5. The van der Waals surface area contributed by atoms with Gasteiger partial charge in [-0.3, -0.25) is 4.79 Å². The number of rotatable bonds is 10. The molecule has 0 amide bonds. The molecule has 0 radical (unpaired) electrons. The fourth-order valence-electron chi connectivity index (χ4n) is 3.27. The Hall–Kier alpha value is -1.48. The minimum absolute atomic E-state index is 0.00218. The molecule has 3 nitrogen and oxygen atoms in total. The summed E-state index contributed by atoms with van der Waals surface area (Å²) in [6.45, 7) is 19.0. The van der Waals surface area contributed by atoms with E-state index < -0.39 is 0 Å². The summed E-state index contributed by atoms with van der Waals surface area (Å²) in [5.41, 5.74) is -0.362. The molecule has 0 aromatic carbocycles. The van der Waals surface area contributed by atoms with Crippen molar-refractivity contribution in [3.8, 4) is 0 Å². The standard InChI is InChI=1S/C16H26O3.C3H6.C2H6.C2H4/c1-3-4-7-11-16(19-2,13-15(18)10-12-17)14-8-5-6-9-14;1-3-2;2*1-2/h3,12,14H,1,4-11,13H2,2H3;3H,1H2,2H3;1-2H3;1-2H2. The second-order valence-corrected chi connectivity index (χ2v) is 5.93. The van der Waals surface area contributed by atoms with E-state index in [1.165, 1.54) is 12.8 Å². The lowest BCUT2D eigenvalue weighted by molar-refractivity contribution is -0.132. The van der Waals surface area contributed by atoms with Gasteiger partial charge in [0.1, 0.15) is 12.1 Å². The van der Waals surface area contributed by atoms with Gasteiger partial charge in [-0.15, -0.1) is 26.3 Å². The lowest BCUT2D eigenvalue weighted by Crippen LogP contribution is -2.41. The molecule has 0 aromatic heterocycles. The molecular formula is C23H42O3. The van der Waals surface area contributed by atoms with Crippen LogP contribution in [-0.4, -0.2) is 24.8 Å². The van der Waals surface area contributed by atoms with Gasteiger partial charge in [-0.2, -0.15) is 0 Å². The molecule has 0 spiro atoms. The van der Waals surface area contributed by atoms with Crippen molar-refractivity contribution in [2.24, 2.45) is 5.92 Å². The first-order valence-corrected chi connectivity index (χ1v) is 9.78. The van der Waals surface area contributed by atoms with Crippen LogP contribution >= 0.6 is 0 Å². The van der Waals surface area contributed by atoms with E-state index in [1.54, 1.807) is 13.2 Å². The third-order valence-corrected chi connectivity index (χ3v) is 4.32. The van der Waals surface area contributed by atoms with E-state index in [-0.39, 0.29) is 17.8 Å². The van der Waals surface area contributed by atoms with Gasteiger partial charge < -0.3 is 9.53 Å². The van der Waals surface area contributed by atoms with Crippen LogP contribution in [0.4, 0.5) is 0 Å². The van der Waals surface area contributed by atoms with Crippen LogP contribution in [0.2, 0.25) is 0 Å². The van der Waals surface area contributed by atoms with Gasteiger partial charge in [0.15, 0.2) is 0 Å². The van der Waals surface area contributed by atoms with E-state index in [2.05, 4.69) is 26.3 Å². The number of ether oxygens (including phenoxy) is 1. The third-order valence-electron chi connectivity index (χ3n) is 4.32. The van der Waals surface area contributed by atoms with Crippen LogP contribution < -0.4 is 0 Å². The molecule has 0 aliphatic heterocycles. The van der Waals surface area contributed by atoms with Crippen molar-refractivity contribution < 1.29 is 14.3 Å². The van der Waals surface area contributed by atoms with Gasteiger partial charge >= 0.3 is 0 Å². The van der Waals surface area contributed by atoms with Crippen LogP contribution in [0, 0.1) is 5.92 Å².